The Bertz CT molecular complexity index is 1050. The quantitative estimate of drug-likeness (QED) is 0.530. The highest BCUT2D eigenvalue weighted by Crippen LogP contribution is 2.21. The smallest absolute Gasteiger partial charge is 0.154 e. The molecule has 3 rings (SSSR count). The van der Waals surface area contributed by atoms with Gasteiger partial charge in [-0.15, -0.1) is 5.10 Å². The van der Waals surface area contributed by atoms with E-state index in [1.807, 2.05) is 30.5 Å². The second-order valence-corrected chi connectivity index (χ2v) is 8.25. The van der Waals surface area contributed by atoms with Gasteiger partial charge in [-0.25, -0.2) is 4.98 Å². The lowest BCUT2D eigenvalue weighted by molar-refractivity contribution is 0.492. The highest BCUT2D eigenvalue weighted by molar-refractivity contribution is 6.08. The number of anilines is 2. The molecule has 7 heteroatoms. The largest absolute Gasteiger partial charge is 0.386 e. The number of fused-ring (bicyclic) bond motifs is 1. The first-order valence-electron chi connectivity index (χ1n) is 9.60. The Morgan fingerprint density at radius 3 is 2.55 bits per heavy atom. The van der Waals surface area contributed by atoms with E-state index in [0.717, 1.165) is 27.7 Å². The lowest BCUT2D eigenvalue weighted by Gasteiger charge is -2.19. The zero-order valence-corrected chi connectivity index (χ0v) is 17.5. The Morgan fingerprint density at radius 2 is 1.86 bits per heavy atom. The second-order valence-electron chi connectivity index (χ2n) is 8.25. The van der Waals surface area contributed by atoms with Crippen LogP contribution in [0.15, 0.2) is 42.9 Å². The van der Waals surface area contributed by atoms with Crippen LogP contribution >= 0.6 is 0 Å². The maximum Gasteiger partial charge on any atom is 0.154 e. The predicted octanol–water partition coefficient (Wildman–Crippen LogP) is 4.67. The summed E-state index contributed by atoms with van der Waals surface area (Å²) in [6, 6.07) is 7.69. The first-order chi connectivity index (χ1) is 13.7. The fourth-order valence-electron chi connectivity index (χ4n) is 2.63. The van der Waals surface area contributed by atoms with Crippen molar-refractivity contribution in [2.24, 2.45) is 0 Å². The minimum Gasteiger partial charge on any atom is -0.386 e. The Balaban J connectivity index is 1.91. The van der Waals surface area contributed by atoms with Crippen molar-refractivity contribution >= 4 is 34.5 Å². The van der Waals surface area contributed by atoms with Crippen LogP contribution in [-0.4, -0.2) is 31.9 Å². The molecule has 3 N–H and O–H groups in total. The van der Waals surface area contributed by atoms with E-state index >= 15 is 0 Å². The van der Waals surface area contributed by atoms with Crippen molar-refractivity contribution in [1.82, 2.24) is 25.5 Å². The van der Waals surface area contributed by atoms with Crippen LogP contribution in [0.3, 0.4) is 0 Å². The van der Waals surface area contributed by atoms with Crippen molar-refractivity contribution in [2.45, 2.75) is 46.1 Å². The number of allylic oxidation sites excluding steroid dienone is 1. The lowest BCUT2D eigenvalue weighted by Crippen LogP contribution is -2.31. The topological polar surface area (TPSA) is 99.5 Å². The van der Waals surface area contributed by atoms with Crippen molar-refractivity contribution in [1.29, 1.82) is 5.41 Å². The van der Waals surface area contributed by atoms with E-state index in [1.54, 1.807) is 12.4 Å². The van der Waals surface area contributed by atoms with Gasteiger partial charge in [-0.2, -0.15) is 5.10 Å². The molecule has 29 heavy (non-hydrogen) atoms. The Hall–Kier alpha value is -3.35. The summed E-state index contributed by atoms with van der Waals surface area (Å²) >= 11 is 0. The summed E-state index contributed by atoms with van der Waals surface area (Å²) in [6.45, 7) is 10.4. The molecule has 0 bridgehead atoms. The van der Waals surface area contributed by atoms with Crippen molar-refractivity contribution in [2.75, 3.05) is 5.32 Å². The molecule has 0 aliphatic carbocycles. The van der Waals surface area contributed by atoms with E-state index in [-0.39, 0.29) is 5.54 Å². The van der Waals surface area contributed by atoms with Gasteiger partial charge in [-0.3, -0.25) is 4.98 Å². The van der Waals surface area contributed by atoms with Crippen molar-refractivity contribution < 1.29 is 0 Å². The first kappa shape index (κ1) is 20.4. The maximum atomic E-state index is 7.75. The van der Waals surface area contributed by atoms with Gasteiger partial charge in [0.05, 0.1) is 17.2 Å². The van der Waals surface area contributed by atoms with Gasteiger partial charge >= 0.3 is 0 Å². The van der Waals surface area contributed by atoms with E-state index in [2.05, 4.69) is 65.4 Å². The van der Waals surface area contributed by atoms with Crippen LogP contribution in [0.4, 0.5) is 11.6 Å². The van der Waals surface area contributed by atoms with E-state index in [1.165, 1.54) is 6.21 Å². The van der Waals surface area contributed by atoms with Gasteiger partial charge in [-0.1, -0.05) is 13.8 Å². The molecule has 0 radical (unpaired) electrons. The van der Waals surface area contributed by atoms with Gasteiger partial charge in [0.15, 0.2) is 5.82 Å². The molecule has 7 nitrogen and oxygen atoms in total. The molecule has 0 aromatic carbocycles. The third-order valence-corrected chi connectivity index (χ3v) is 4.29. The van der Waals surface area contributed by atoms with Crippen LogP contribution in [0.5, 0.6) is 0 Å². The highest BCUT2D eigenvalue weighted by Gasteiger charge is 2.09. The van der Waals surface area contributed by atoms with E-state index in [4.69, 9.17) is 5.41 Å². The van der Waals surface area contributed by atoms with Gasteiger partial charge in [0, 0.05) is 35.3 Å². The third-order valence-electron chi connectivity index (χ3n) is 4.29. The van der Waals surface area contributed by atoms with Gasteiger partial charge in [0.2, 0.25) is 0 Å². The predicted molar refractivity (Wildman–Crippen MR) is 119 cm³/mol. The molecule has 0 fully saturated rings. The fraction of sp³-hybridized carbons (Fsp3) is 0.318. The van der Waals surface area contributed by atoms with Gasteiger partial charge in [0.1, 0.15) is 5.82 Å². The number of rotatable bonds is 6. The minimum atomic E-state index is -0.0839. The molecule has 0 spiro atoms. The number of nitrogens with one attached hydrogen (secondary N) is 3. The van der Waals surface area contributed by atoms with Gasteiger partial charge in [0.25, 0.3) is 0 Å². The summed E-state index contributed by atoms with van der Waals surface area (Å²) in [5.74, 6) is 1.69. The van der Waals surface area contributed by atoms with Gasteiger partial charge < -0.3 is 16.0 Å². The van der Waals surface area contributed by atoms with Crippen molar-refractivity contribution in [3.63, 3.8) is 0 Å². The molecular weight excluding hydrogens is 362 g/mol. The Labute approximate surface area is 171 Å². The highest BCUT2D eigenvalue weighted by atomic mass is 15.2. The Morgan fingerprint density at radius 1 is 1.07 bits per heavy atom. The number of nitrogens with zero attached hydrogens (tertiary/aromatic N) is 4. The van der Waals surface area contributed by atoms with Crippen molar-refractivity contribution in [3.05, 3.63) is 54.0 Å². The molecule has 3 heterocycles. The maximum absolute atomic E-state index is 7.75. The summed E-state index contributed by atoms with van der Waals surface area (Å²) < 4.78 is 0. The number of hydrogen-bond donors (Lipinski definition) is 3. The zero-order valence-electron chi connectivity index (χ0n) is 17.5. The van der Waals surface area contributed by atoms with E-state index in [0.29, 0.717) is 17.6 Å². The summed E-state index contributed by atoms with van der Waals surface area (Å²) in [6.07, 6.45) is 6.69. The van der Waals surface area contributed by atoms with Crippen LogP contribution in [0, 0.1) is 5.41 Å². The van der Waals surface area contributed by atoms with Crippen LogP contribution in [0.1, 0.15) is 51.7 Å². The van der Waals surface area contributed by atoms with Crippen LogP contribution in [0.25, 0.3) is 16.6 Å². The van der Waals surface area contributed by atoms with E-state index < -0.39 is 0 Å². The molecule has 3 aromatic rings. The lowest BCUT2D eigenvalue weighted by atomic mass is 10.1. The second kappa shape index (κ2) is 8.34. The fourth-order valence-corrected chi connectivity index (χ4v) is 2.63. The summed E-state index contributed by atoms with van der Waals surface area (Å²) in [5, 5.41) is 22.5. The Kier molecular flexibility index (Phi) is 5.87. The molecule has 0 saturated carbocycles. The molecule has 150 valence electrons. The average molecular weight is 390 g/mol. The summed E-state index contributed by atoms with van der Waals surface area (Å²) in [5.41, 5.74) is 4.12. The summed E-state index contributed by atoms with van der Waals surface area (Å²) in [4.78, 5) is 9.16. The standard InChI is InChI=1S/C22H27N7/c1-14(2)15-9-21(29-26-13-15)28-20-7-6-18-19(27-20)8-16(11-24-18)17(10-23)12-25-22(3,4)5/h6-14,23,25H,1-5H3,(H,27,28,29)/b17-12+,23-10?. The SMILES string of the molecule is CC(C)c1cnnc(Nc2ccc3ncc(/C(C=N)=C/NC(C)(C)C)cc3n2)c1. The first-order valence-corrected chi connectivity index (χ1v) is 9.60. The summed E-state index contributed by atoms with van der Waals surface area (Å²) in [7, 11) is 0. The van der Waals surface area contributed by atoms with Gasteiger partial charge in [-0.05, 0) is 56.5 Å². The number of aromatic nitrogens is 4. The van der Waals surface area contributed by atoms with Crippen LogP contribution in [0.2, 0.25) is 0 Å². The van der Waals surface area contributed by atoms with E-state index in [9.17, 15) is 0 Å². The molecule has 3 aromatic heterocycles. The average Bonchev–Trinajstić information content (AvgIpc) is 2.67. The molecule has 0 aliphatic heterocycles. The molecular formula is C22H27N7. The third kappa shape index (κ3) is 5.34. The van der Waals surface area contributed by atoms with Crippen LogP contribution < -0.4 is 10.6 Å². The molecule has 0 amide bonds. The molecule has 0 unspecified atom stereocenters. The normalized spacial score (nSPS) is 12.3. The molecule has 0 aliphatic rings. The zero-order chi connectivity index (χ0) is 21.0. The monoisotopic (exact) mass is 389 g/mol. The van der Waals surface area contributed by atoms with Crippen LogP contribution in [-0.2, 0) is 0 Å². The van der Waals surface area contributed by atoms with Crippen molar-refractivity contribution in [3.8, 4) is 0 Å². The molecule has 0 saturated heterocycles. The molecule has 0 atom stereocenters. The number of hydrogen-bond acceptors (Lipinski definition) is 7. The number of pyridine rings is 2. The minimum absolute atomic E-state index is 0.0839.